The van der Waals surface area contributed by atoms with Gasteiger partial charge in [-0.25, -0.2) is 0 Å². The maximum Gasteiger partial charge on any atom is 0.180 e. The maximum atomic E-state index is 6.45. The molecule has 0 aliphatic carbocycles. The number of halogens is 2. The summed E-state index contributed by atoms with van der Waals surface area (Å²) in [6.45, 7) is 3.68. The largest absolute Gasteiger partial charge is 0.490 e. The van der Waals surface area contributed by atoms with Crippen LogP contribution in [0, 0.1) is 0 Å². The summed E-state index contributed by atoms with van der Waals surface area (Å²) in [5.74, 6) is 2.19. The van der Waals surface area contributed by atoms with Gasteiger partial charge in [-0.2, -0.15) is 0 Å². The van der Waals surface area contributed by atoms with Crippen molar-refractivity contribution in [2.75, 3.05) is 18.9 Å². The Bertz CT molecular complexity index is 765. The molecule has 0 spiro atoms. The first-order valence-corrected chi connectivity index (χ1v) is 9.42. The third-order valence-electron chi connectivity index (χ3n) is 3.41. The molecule has 24 heavy (non-hydrogen) atoms. The van der Waals surface area contributed by atoms with Gasteiger partial charge in [-0.05, 0) is 36.8 Å². The summed E-state index contributed by atoms with van der Waals surface area (Å²) >= 11 is 14.2. The fourth-order valence-corrected chi connectivity index (χ4v) is 3.71. The van der Waals surface area contributed by atoms with E-state index in [9.17, 15) is 0 Å². The summed E-state index contributed by atoms with van der Waals surface area (Å²) in [6, 6.07) is 11.4. The SMILES string of the molecule is CCOc1cc(C2=NCCS2)cc(Cl)c1OCc1cccc(Cl)c1. The molecule has 0 amide bonds. The Hall–Kier alpha value is -1.36. The van der Waals surface area contributed by atoms with Crippen LogP contribution in [0.4, 0.5) is 0 Å². The summed E-state index contributed by atoms with van der Waals surface area (Å²) in [5, 5.41) is 2.20. The zero-order chi connectivity index (χ0) is 16.9. The van der Waals surface area contributed by atoms with E-state index in [4.69, 9.17) is 32.7 Å². The Labute approximate surface area is 156 Å². The number of ether oxygens (including phenoxy) is 2. The van der Waals surface area contributed by atoms with Crippen molar-refractivity contribution in [3.05, 3.63) is 57.6 Å². The summed E-state index contributed by atoms with van der Waals surface area (Å²) in [5.41, 5.74) is 1.95. The van der Waals surface area contributed by atoms with Gasteiger partial charge in [0.1, 0.15) is 6.61 Å². The fraction of sp³-hybridized carbons (Fsp3) is 0.278. The zero-order valence-electron chi connectivity index (χ0n) is 13.2. The topological polar surface area (TPSA) is 30.8 Å². The highest BCUT2D eigenvalue weighted by atomic mass is 35.5. The third-order valence-corrected chi connectivity index (χ3v) is 4.95. The number of hydrogen-bond donors (Lipinski definition) is 0. The Balaban J connectivity index is 1.85. The number of thioether (sulfide) groups is 1. The van der Waals surface area contributed by atoms with E-state index in [2.05, 4.69) is 4.99 Å². The second-order valence-electron chi connectivity index (χ2n) is 5.17. The minimum Gasteiger partial charge on any atom is -0.490 e. The highest BCUT2D eigenvalue weighted by molar-refractivity contribution is 8.14. The molecule has 0 bridgehead atoms. The van der Waals surface area contributed by atoms with Crippen LogP contribution in [0.3, 0.4) is 0 Å². The molecule has 0 saturated heterocycles. The molecule has 126 valence electrons. The van der Waals surface area contributed by atoms with Crippen LogP contribution in [0.15, 0.2) is 41.4 Å². The summed E-state index contributed by atoms with van der Waals surface area (Å²) in [7, 11) is 0. The van der Waals surface area contributed by atoms with Gasteiger partial charge in [0.25, 0.3) is 0 Å². The quantitative estimate of drug-likeness (QED) is 0.664. The zero-order valence-corrected chi connectivity index (χ0v) is 15.5. The summed E-state index contributed by atoms with van der Waals surface area (Å²) in [6.07, 6.45) is 0. The predicted octanol–water partition coefficient (Wildman–Crippen LogP) is 5.46. The van der Waals surface area contributed by atoms with E-state index in [1.54, 1.807) is 11.8 Å². The van der Waals surface area contributed by atoms with Gasteiger partial charge >= 0.3 is 0 Å². The molecule has 0 radical (unpaired) electrons. The molecule has 6 heteroatoms. The molecule has 3 rings (SSSR count). The van der Waals surface area contributed by atoms with Gasteiger partial charge in [-0.1, -0.05) is 35.3 Å². The Kier molecular flexibility index (Phi) is 5.93. The van der Waals surface area contributed by atoms with Gasteiger partial charge in [-0.3, -0.25) is 4.99 Å². The molecule has 1 aliphatic heterocycles. The number of aliphatic imine (C=N–C) groups is 1. The van der Waals surface area contributed by atoms with Crippen LogP contribution in [0.5, 0.6) is 11.5 Å². The first-order valence-electron chi connectivity index (χ1n) is 7.68. The van der Waals surface area contributed by atoms with Crippen molar-refractivity contribution in [1.29, 1.82) is 0 Å². The van der Waals surface area contributed by atoms with Crippen LogP contribution in [-0.4, -0.2) is 23.9 Å². The minimum atomic E-state index is 0.370. The van der Waals surface area contributed by atoms with Crippen molar-refractivity contribution in [1.82, 2.24) is 0 Å². The molecule has 0 aromatic heterocycles. The van der Waals surface area contributed by atoms with Crippen LogP contribution in [0.2, 0.25) is 10.0 Å². The highest BCUT2D eigenvalue weighted by Crippen LogP contribution is 2.38. The molecule has 0 N–H and O–H groups in total. The van der Waals surface area contributed by atoms with E-state index in [-0.39, 0.29) is 0 Å². The van der Waals surface area contributed by atoms with Crippen molar-refractivity contribution in [2.45, 2.75) is 13.5 Å². The standard InChI is InChI=1S/C18H17Cl2NO2S/c1-2-22-16-10-13(18-21-6-7-24-18)9-15(20)17(16)23-11-12-4-3-5-14(19)8-12/h3-5,8-10H,2,6-7,11H2,1H3. The van der Waals surface area contributed by atoms with Crippen LogP contribution >= 0.6 is 35.0 Å². The van der Waals surface area contributed by atoms with Gasteiger partial charge in [0, 0.05) is 22.9 Å². The molecule has 0 saturated carbocycles. The van der Waals surface area contributed by atoms with E-state index in [0.29, 0.717) is 34.8 Å². The molecular weight excluding hydrogens is 365 g/mol. The third kappa shape index (κ3) is 4.18. The van der Waals surface area contributed by atoms with Crippen LogP contribution in [0.1, 0.15) is 18.1 Å². The average molecular weight is 382 g/mol. The lowest BCUT2D eigenvalue weighted by atomic mass is 10.2. The predicted molar refractivity (Wildman–Crippen MR) is 102 cm³/mol. The first kappa shape index (κ1) is 17.5. The average Bonchev–Trinajstić information content (AvgIpc) is 3.09. The highest BCUT2D eigenvalue weighted by Gasteiger charge is 2.17. The van der Waals surface area contributed by atoms with Gasteiger partial charge in [0.2, 0.25) is 0 Å². The minimum absolute atomic E-state index is 0.370. The lowest BCUT2D eigenvalue weighted by Crippen LogP contribution is -2.02. The number of rotatable bonds is 6. The number of benzene rings is 2. The lowest BCUT2D eigenvalue weighted by Gasteiger charge is -2.15. The molecule has 0 fully saturated rings. The van der Waals surface area contributed by atoms with Crippen molar-refractivity contribution in [3.8, 4) is 11.5 Å². The molecule has 0 atom stereocenters. The Morgan fingerprint density at radius 1 is 1.17 bits per heavy atom. The maximum absolute atomic E-state index is 6.45. The molecule has 0 unspecified atom stereocenters. The Morgan fingerprint density at radius 3 is 2.75 bits per heavy atom. The van der Waals surface area contributed by atoms with Gasteiger partial charge in [0.15, 0.2) is 11.5 Å². The van der Waals surface area contributed by atoms with Gasteiger partial charge in [-0.15, -0.1) is 11.8 Å². The summed E-state index contributed by atoms with van der Waals surface area (Å²) in [4.78, 5) is 4.49. The normalized spacial score (nSPS) is 13.7. The van der Waals surface area contributed by atoms with Gasteiger partial charge < -0.3 is 9.47 Å². The molecule has 2 aromatic carbocycles. The molecular formula is C18H17Cl2NO2S. The monoisotopic (exact) mass is 381 g/mol. The molecule has 1 aliphatic rings. The smallest absolute Gasteiger partial charge is 0.180 e. The van der Waals surface area contributed by atoms with Crippen molar-refractivity contribution in [3.63, 3.8) is 0 Å². The number of nitrogens with zero attached hydrogens (tertiary/aromatic N) is 1. The number of hydrogen-bond acceptors (Lipinski definition) is 4. The molecule has 1 heterocycles. The van der Waals surface area contributed by atoms with E-state index in [1.165, 1.54) is 0 Å². The van der Waals surface area contributed by atoms with E-state index >= 15 is 0 Å². The van der Waals surface area contributed by atoms with Crippen molar-refractivity contribution >= 4 is 40.0 Å². The van der Waals surface area contributed by atoms with Crippen LogP contribution in [-0.2, 0) is 6.61 Å². The van der Waals surface area contributed by atoms with Crippen molar-refractivity contribution < 1.29 is 9.47 Å². The second kappa shape index (κ2) is 8.15. The summed E-state index contributed by atoms with van der Waals surface area (Å²) < 4.78 is 11.6. The van der Waals surface area contributed by atoms with E-state index < -0.39 is 0 Å². The van der Waals surface area contributed by atoms with Gasteiger partial charge in [0.05, 0.1) is 16.7 Å². The van der Waals surface area contributed by atoms with Crippen LogP contribution < -0.4 is 9.47 Å². The lowest BCUT2D eigenvalue weighted by molar-refractivity contribution is 0.269. The second-order valence-corrected chi connectivity index (χ2v) is 7.10. The van der Waals surface area contributed by atoms with E-state index in [1.807, 2.05) is 43.3 Å². The first-order chi connectivity index (χ1) is 11.7. The molecule has 3 nitrogen and oxygen atoms in total. The van der Waals surface area contributed by atoms with Crippen LogP contribution in [0.25, 0.3) is 0 Å². The van der Waals surface area contributed by atoms with E-state index in [0.717, 1.165) is 28.5 Å². The molecule has 2 aromatic rings. The van der Waals surface area contributed by atoms with Crippen molar-refractivity contribution in [2.24, 2.45) is 4.99 Å². The fourth-order valence-electron chi connectivity index (χ4n) is 2.39. The Morgan fingerprint density at radius 2 is 2.04 bits per heavy atom.